The third-order valence-corrected chi connectivity index (χ3v) is 4.37. The van der Waals surface area contributed by atoms with Gasteiger partial charge in [0, 0.05) is 5.75 Å². The summed E-state index contributed by atoms with van der Waals surface area (Å²) >= 11 is 1.36. The number of nitriles is 1. The molecular formula is C15H21NS. The fourth-order valence-corrected chi connectivity index (χ4v) is 2.67. The lowest BCUT2D eigenvalue weighted by atomic mass is 9.89. The van der Waals surface area contributed by atoms with Gasteiger partial charge in [-0.3, -0.25) is 0 Å². The summed E-state index contributed by atoms with van der Waals surface area (Å²) in [4.78, 5) is 0. The molecule has 0 radical (unpaired) electrons. The van der Waals surface area contributed by atoms with Crippen molar-refractivity contribution in [3.63, 3.8) is 0 Å². The van der Waals surface area contributed by atoms with E-state index in [-0.39, 0.29) is 0 Å². The standard InChI is InChI=1S/C15H21NS/c1-10(8-17-9-16)6-15-13(4)11(2)7-12(3)14(15)5/h7,10H,6,8H2,1-5H3. The number of aryl methyl sites for hydroxylation is 2. The average Bonchev–Trinajstić information content (AvgIpc) is 2.29. The van der Waals surface area contributed by atoms with E-state index in [1.807, 2.05) is 0 Å². The first-order valence-corrected chi connectivity index (χ1v) is 7.03. The van der Waals surface area contributed by atoms with Crippen molar-refractivity contribution >= 4 is 11.8 Å². The van der Waals surface area contributed by atoms with Crippen LogP contribution in [0.5, 0.6) is 0 Å². The maximum Gasteiger partial charge on any atom is 0.133 e. The summed E-state index contributed by atoms with van der Waals surface area (Å²) in [6.45, 7) is 11.0. The van der Waals surface area contributed by atoms with Gasteiger partial charge in [-0.25, -0.2) is 0 Å². The Kier molecular flexibility index (Phi) is 5.08. The summed E-state index contributed by atoms with van der Waals surface area (Å²) in [5.41, 5.74) is 7.07. The molecule has 92 valence electrons. The van der Waals surface area contributed by atoms with Crippen LogP contribution in [-0.4, -0.2) is 5.75 Å². The van der Waals surface area contributed by atoms with Crippen molar-refractivity contribution in [2.75, 3.05) is 5.75 Å². The smallest absolute Gasteiger partial charge is 0.133 e. The fourth-order valence-electron chi connectivity index (χ4n) is 2.19. The van der Waals surface area contributed by atoms with Crippen molar-refractivity contribution in [1.29, 1.82) is 5.26 Å². The molecule has 1 atom stereocenters. The van der Waals surface area contributed by atoms with Crippen molar-refractivity contribution in [3.05, 3.63) is 33.9 Å². The molecule has 0 bridgehead atoms. The Hall–Kier alpha value is -0.940. The molecule has 2 heteroatoms. The molecule has 1 aromatic rings. The van der Waals surface area contributed by atoms with Crippen LogP contribution < -0.4 is 0 Å². The van der Waals surface area contributed by atoms with Crippen LogP contribution in [0.1, 0.15) is 34.7 Å². The maximum absolute atomic E-state index is 8.59. The second-order valence-corrected chi connectivity index (χ2v) is 5.76. The zero-order valence-electron chi connectivity index (χ0n) is 11.4. The van der Waals surface area contributed by atoms with Crippen LogP contribution >= 0.6 is 11.8 Å². The lowest BCUT2D eigenvalue weighted by molar-refractivity contribution is 0.653. The molecule has 0 spiro atoms. The Labute approximate surface area is 109 Å². The molecule has 0 saturated carbocycles. The predicted molar refractivity (Wildman–Crippen MR) is 76.3 cm³/mol. The summed E-state index contributed by atoms with van der Waals surface area (Å²) in [6, 6.07) is 2.27. The Balaban J connectivity index is 2.94. The van der Waals surface area contributed by atoms with Crippen LogP contribution in [0, 0.1) is 44.3 Å². The van der Waals surface area contributed by atoms with Crippen molar-refractivity contribution in [1.82, 2.24) is 0 Å². The second kappa shape index (κ2) is 6.12. The third kappa shape index (κ3) is 3.51. The molecule has 1 rings (SSSR count). The van der Waals surface area contributed by atoms with Gasteiger partial charge >= 0.3 is 0 Å². The van der Waals surface area contributed by atoms with Crippen LogP contribution in [0.4, 0.5) is 0 Å². The van der Waals surface area contributed by atoms with Gasteiger partial charge in [0.2, 0.25) is 0 Å². The lowest BCUT2D eigenvalue weighted by Crippen LogP contribution is -2.07. The molecule has 0 saturated heterocycles. The number of hydrogen-bond donors (Lipinski definition) is 0. The first-order valence-electron chi connectivity index (χ1n) is 6.04. The van der Waals surface area contributed by atoms with Crippen LogP contribution in [0.2, 0.25) is 0 Å². The normalized spacial score (nSPS) is 12.2. The first-order chi connectivity index (χ1) is 7.97. The van der Waals surface area contributed by atoms with E-state index in [2.05, 4.69) is 46.1 Å². The number of rotatable bonds is 4. The van der Waals surface area contributed by atoms with Gasteiger partial charge in [0.25, 0.3) is 0 Å². The van der Waals surface area contributed by atoms with E-state index < -0.39 is 0 Å². The van der Waals surface area contributed by atoms with Gasteiger partial charge < -0.3 is 0 Å². The Morgan fingerprint density at radius 2 is 1.71 bits per heavy atom. The van der Waals surface area contributed by atoms with Crippen LogP contribution in [0.3, 0.4) is 0 Å². The van der Waals surface area contributed by atoms with Gasteiger partial charge in [-0.1, -0.05) is 13.0 Å². The fraction of sp³-hybridized carbons (Fsp3) is 0.533. The summed E-state index contributed by atoms with van der Waals surface area (Å²) in [7, 11) is 0. The average molecular weight is 247 g/mol. The first kappa shape index (κ1) is 14.1. The van der Waals surface area contributed by atoms with E-state index in [1.54, 1.807) is 0 Å². The number of nitrogens with zero attached hydrogens (tertiary/aromatic N) is 1. The predicted octanol–water partition coefficient (Wildman–Crippen LogP) is 4.31. The summed E-state index contributed by atoms with van der Waals surface area (Å²) < 4.78 is 0. The van der Waals surface area contributed by atoms with E-state index in [0.717, 1.165) is 12.2 Å². The highest BCUT2D eigenvalue weighted by molar-refractivity contribution is 8.03. The van der Waals surface area contributed by atoms with E-state index in [9.17, 15) is 0 Å². The monoisotopic (exact) mass is 247 g/mol. The summed E-state index contributed by atoms with van der Waals surface area (Å²) in [5, 5.41) is 10.7. The molecular weight excluding hydrogens is 226 g/mol. The molecule has 1 aromatic carbocycles. The molecule has 0 aliphatic heterocycles. The van der Waals surface area contributed by atoms with Crippen LogP contribution in [0.25, 0.3) is 0 Å². The van der Waals surface area contributed by atoms with Crippen molar-refractivity contribution in [2.45, 2.75) is 41.0 Å². The molecule has 17 heavy (non-hydrogen) atoms. The van der Waals surface area contributed by atoms with Gasteiger partial charge in [0.15, 0.2) is 0 Å². The minimum Gasteiger partial charge on any atom is -0.185 e. The van der Waals surface area contributed by atoms with Gasteiger partial charge in [0.1, 0.15) is 5.40 Å². The van der Waals surface area contributed by atoms with Crippen LogP contribution in [0.15, 0.2) is 6.07 Å². The van der Waals surface area contributed by atoms with Crippen molar-refractivity contribution in [3.8, 4) is 5.40 Å². The van der Waals surface area contributed by atoms with E-state index in [0.29, 0.717) is 5.92 Å². The molecule has 0 heterocycles. The maximum atomic E-state index is 8.59. The number of benzene rings is 1. The van der Waals surface area contributed by atoms with E-state index in [1.165, 1.54) is 39.6 Å². The lowest BCUT2D eigenvalue weighted by Gasteiger charge is -2.18. The van der Waals surface area contributed by atoms with E-state index >= 15 is 0 Å². The minimum absolute atomic E-state index is 0.554. The molecule has 1 unspecified atom stereocenters. The Morgan fingerprint density at radius 1 is 1.18 bits per heavy atom. The van der Waals surface area contributed by atoms with Gasteiger partial charge in [-0.2, -0.15) is 5.26 Å². The topological polar surface area (TPSA) is 23.8 Å². The largest absolute Gasteiger partial charge is 0.185 e. The zero-order valence-corrected chi connectivity index (χ0v) is 12.2. The molecule has 0 amide bonds. The molecule has 0 fully saturated rings. The minimum atomic E-state index is 0.554. The summed E-state index contributed by atoms with van der Waals surface area (Å²) in [5.74, 6) is 1.47. The molecule has 0 N–H and O–H groups in total. The SMILES string of the molecule is Cc1cc(C)c(C)c(CC(C)CSC#N)c1C. The van der Waals surface area contributed by atoms with Crippen molar-refractivity contribution in [2.24, 2.45) is 5.92 Å². The molecule has 1 nitrogen and oxygen atoms in total. The quantitative estimate of drug-likeness (QED) is 0.740. The Bertz CT molecular complexity index is 417. The number of thiocyanates is 1. The van der Waals surface area contributed by atoms with Crippen LogP contribution in [-0.2, 0) is 6.42 Å². The van der Waals surface area contributed by atoms with Gasteiger partial charge in [-0.05, 0) is 79.6 Å². The highest BCUT2D eigenvalue weighted by Gasteiger charge is 2.12. The summed E-state index contributed by atoms with van der Waals surface area (Å²) in [6.07, 6.45) is 1.08. The second-order valence-electron chi connectivity index (χ2n) is 4.95. The van der Waals surface area contributed by atoms with Crippen molar-refractivity contribution < 1.29 is 0 Å². The number of thioether (sulfide) groups is 1. The van der Waals surface area contributed by atoms with Gasteiger partial charge in [0.05, 0.1) is 0 Å². The molecule has 0 aromatic heterocycles. The number of hydrogen-bond acceptors (Lipinski definition) is 2. The molecule has 0 aliphatic rings. The molecule has 0 aliphatic carbocycles. The van der Waals surface area contributed by atoms with E-state index in [4.69, 9.17) is 5.26 Å². The zero-order chi connectivity index (χ0) is 13.0. The highest BCUT2D eigenvalue weighted by atomic mass is 32.2. The Morgan fingerprint density at radius 3 is 2.18 bits per heavy atom. The third-order valence-electron chi connectivity index (χ3n) is 3.51. The highest BCUT2D eigenvalue weighted by Crippen LogP contribution is 2.25. The van der Waals surface area contributed by atoms with Gasteiger partial charge in [-0.15, -0.1) is 0 Å².